The first-order valence-corrected chi connectivity index (χ1v) is 7.10. The summed E-state index contributed by atoms with van der Waals surface area (Å²) in [6.07, 6.45) is 6.91. The third-order valence-corrected chi connectivity index (χ3v) is 3.85. The van der Waals surface area contributed by atoms with Crippen LogP contribution in [0.2, 0.25) is 0 Å². The van der Waals surface area contributed by atoms with Crippen LogP contribution in [0.4, 0.5) is 0 Å². The number of thiophene rings is 1. The van der Waals surface area contributed by atoms with Gasteiger partial charge in [0.05, 0.1) is 0 Å². The van der Waals surface area contributed by atoms with E-state index in [1.807, 2.05) is 11.3 Å². The maximum absolute atomic E-state index is 3.66. The Morgan fingerprint density at radius 3 is 3.00 bits per heavy atom. The maximum atomic E-state index is 3.66. The highest BCUT2D eigenvalue weighted by Crippen LogP contribution is 2.36. The lowest BCUT2D eigenvalue weighted by atomic mass is 10.0. The lowest BCUT2D eigenvalue weighted by molar-refractivity contribution is 0.471. The maximum Gasteiger partial charge on any atom is 0.0328 e. The molecule has 0 aromatic carbocycles. The third kappa shape index (κ3) is 3.62. The third-order valence-electron chi connectivity index (χ3n) is 3.15. The average Bonchev–Trinajstić information content (AvgIpc) is 2.92. The fourth-order valence-corrected chi connectivity index (χ4v) is 2.70. The van der Waals surface area contributed by atoms with E-state index in [1.165, 1.54) is 37.7 Å². The Balaban J connectivity index is 1.83. The Hall–Kier alpha value is -0.340. The van der Waals surface area contributed by atoms with E-state index in [0.717, 1.165) is 12.5 Å². The van der Waals surface area contributed by atoms with Crippen LogP contribution < -0.4 is 5.32 Å². The zero-order chi connectivity index (χ0) is 10.5. The van der Waals surface area contributed by atoms with Gasteiger partial charge in [-0.15, -0.1) is 0 Å². The Bertz CT molecular complexity index is 264. The molecule has 1 aromatic rings. The van der Waals surface area contributed by atoms with Crippen molar-refractivity contribution < 1.29 is 0 Å². The van der Waals surface area contributed by atoms with Crippen molar-refractivity contribution in [3.05, 3.63) is 22.4 Å². The molecular formula is C13H21NS. The van der Waals surface area contributed by atoms with Crippen molar-refractivity contribution in [3.63, 3.8) is 0 Å². The van der Waals surface area contributed by atoms with Gasteiger partial charge in [-0.05, 0) is 54.1 Å². The quantitative estimate of drug-likeness (QED) is 0.737. The molecule has 1 nitrogen and oxygen atoms in total. The van der Waals surface area contributed by atoms with Gasteiger partial charge in [0, 0.05) is 6.04 Å². The smallest absolute Gasteiger partial charge is 0.0328 e. The second-order valence-electron chi connectivity index (χ2n) is 4.58. The van der Waals surface area contributed by atoms with Crippen molar-refractivity contribution >= 4 is 11.3 Å². The molecule has 0 amide bonds. The second-order valence-corrected chi connectivity index (χ2v) is 5.36. The minimum atomic E-state index is 0.608. The van der Waals surface area contributed by atoms with E-state index in [9.17, 15) is 0 Å². The lowest BCUT2D eigenvalue weighted by Gasteiger charge is -2.17. The van der Waals surface area contributed by atoms with Crippen LogP contribution in [0.5, 0.6) is 0 Å². The molecule has 1 fully saturated rings. The van der Waals surface area contributed by atoms with E-state index >= 15 is 0 Å². The van der Waals surface area contributed by atoms with Crippen LogP contribution in [0.3, 0.4) is 0 Å². The monoisotopic (exact) mass is 223 g/mol. The van der Waals surface area contributed by atoms with Gasteiger partial charge in [0.15, 0.2) is 0 Å². The molecule has 1 atom stereocenters. The summed E-state index contributed by atoms with van der Waals surface area (Å²) in [5.41, 5.74) is 1.49. The summed E-state index contributed by atoms with van der Waals surface area (Å²) < 4.78 is 0. The average molecular weight is 223 g/mol. The number of hydrogen-bond acceptors (Lipinski definition) is 2. The van der Waals surface area contributed by atoms with Crippen LogP contribution in [0, 0.1) is 5.92 Å². The van der Waals surface area contributed by atoms with Gasteiger partial charge < -0.3 is 5.32 Å². The number of rotatable bonds is 7. The summed E-state index contributed by atoms with van der Waals surface area (Å²) >= 11 is 1.81. The molecular weight excluding hydrogens is 202 g/mol. The summed E-state index contributed by atoms with van der Waals surface area (Å²) in [5, 5.41) is 8.14. The summed E-state index contributed by atoms with van der Waals surface area (Å²) in [7, 11) is 0. The van der Waals surface area contributed by atoms with Gasteiger partial charge in [0.25, 0.3) is 0 Å². The van der Waals surface area contributed by atoms with Crippen molar-refractivity contribution in [1.82, 2.24) is 5.32 Å². The van der Waals surface area contributed by atoms with Crippen LogP contribution >= 0.6 is 11.3 Å². The minimum Gasteiger partial charge on any atom is -0.310 e. The molecule has 1 N–H and O–H groups in total. The molecule has 0 aliphatic heterocycles. The predicted molar refractivity (Wildman–Crippen MR) is 67.3 cm³/mol. The zero-order valence-electron chi connectivity index (χ0n) is 9.54. The largest absolute Gasteiger partial charge is 0.310 e. The van der Waals surface area contributed by atoms with Crippen LogP contribution in [-0.4, -0.2) is 6.54 Å². The van der Waals surface area contributed by atoms with E-state index in [4.69, 9.17) is 0 Å². The molecule has 2 heteroatoms. The fraction of sp³-hybridized carbons (Fsp3) is 0.692. The normalized spacial score (nSPS) is 17.9. The Kier molecular flexibility index (Phi) is 4.21. The van der Waals surface area contributed by atoms with Crippen molar-refractivity contribution in [3.8, 4) is 0 Å². The van der Waals surface area contributed by atoms with E-state index in [1.54, 1.807) is 0 Å². The summed E-state index contributed by atoms with van der Waals surface area (Å²) in [6.45, 7) is 3.38. The van der Waals surface area contributed by atoms with E-state index in [2.05, 4.69) is 29.1 Å². The summed E-state index contributed by atoms with van der Waals surface area (Å²) in [6, 6.07) is 2.88. The highest BCUT2D eigenvalue weighted by Gasteiger charge is 2.22. The highest BCUT2D eigenvalue weighted by atomic mass is 32.1. The molecule has 1 aliphatic carbocycles. The molecule has 84 valence electrons. The Labute approximate surface area is 96.9 Å². The molecule has 0 spiro atoms. The Morgan fingerprint density at radius 2 is 2.40 bits per heavy atom. The standard InChI is InChI=1S/C13H21NS/c1-2-8-14-13(6-5-11-3-4-11)12-7-9-15-10-12/h7,9-11,13-14H,2-6,8H2,1H3. The van der Waals surface area contributed by atoms with E-state index in [-0.39, 0.29) is 0 Å². The summed E-state index contributed by atoms with van der Waals surface area (Å²) in [5.74, 6) is 1.05. The first-order chi connectivity index (χ1) is 7.40. The van der Waals surface area contributed by atoms with Gasteiger partial charge in [-0.25, -0.2) is 0 Å². The van der Waals surface area contributed by atoms with Crippen LogP contribution in [0.1, 0.15) is 50.6 Å². The van der Waals surface area contributed by atoms with Crippen LogP contribution in [-0.2, 0) is 0 Å². The molecule has 2 rings (SSSR count). The first-order valence-electron chi connectivity index (χ1n) is 6.15. The van der Waals surface area contributed by atoms with Crippen molar-refractivity contribution in [2.24, 2.45) is 5.92 Å². The van der Waals surface area contributed by atoms with Crippen molar-refractivity contribution in [2.45, 2.75) is 45.1 Å². The minimum absolute atomic E-state index is 0.608. The van der Waals surface area contributed by atoms with Crippen molar-refractivity contribution in [1.29, 1.82) is 0 Å². The Morgan fingerprint density at radius 1 is 1.53 bits per heavy atom. The van der Waals surface area contributed by atoms with Gasteiger partial charge in [-0.1, -0.05) is 19.8 Å². The fourth-order valence-electron chi connectivity index (χ4n) is 1.99. The number of hydrogen-bond donors (Lipinski definition) is 1. The molecule has 15 heavy (non-hydrogen) atoms. The molecule has 1 aromatic heterocycles. The topological polar surface area (TPSA) is 12.0 Å². The molecule has 0 radical (unpaired) electrons. The zero-order valence-corrected chi connectivity index (χ0v) is 10.4. The lowest BCUT2D eigenvalue weighted by Crippen LogP contribution is -2.21. The van der Waals surface area contributed by atoms with Crippen molar-refractivity contribution in [2.75, 3.05) is 6.54 Å². The molecule has 1 heterocycles. The highest BCUT2D eigenvalue weighted by molar-refractivity contribution is 7.07. The molecule has 0 saturated heterocycles. The van der Waals surface area contributed by atoms with Gasteiger partial charge in [-0.3, -0.25) is 0 Å². The molecule has 1 unspecified atom stereocenters. The molecule has 1 aliphatic rings. The SMILES string of the molecule is CCCNC(CCC1CC1)c1ccsc1. The first kappa shape index (κ1) is 11.2. The van der Waals surface area contributed by atoms with Crippen LogP contribution in [0.25, 0.3) is 0 Å². The van der Waals surface area contributed by atoms with Gasteiger partial charge in [0.1, 0.15) is 0 Å². The molecule has 0 bridgehead atoms. The van der Waals surface area contributed by atoms with Gasteiger partial charge >= 0.3 is 0 Å². The predicted octanol–water partition coefficient (Wildman–Crippen LogP) is 3.98. The van der Waals surface area contributed by atoms with Gasteiger partial charge in [0.2, 0.25) is 0 Å². The van der Waals surface area contributed by atoms with Gasteiger partial charge in [-0.2, -0.15) is 11.3 Å². The molecule has 1 saturated carbocycles. The van der Waals surface area contributed by atoms with Crippen LogP contribution in [0.15, 0.2) is 16.8 Å². The summed E-state index contributed by atoms with van der Waals surface area (Å²) in [4.78, 5) is 0. The van der Waals surface area contributed by atoms with E-state index < -0.39 is 0 Å². The van der Waals surface area contributed by atoms with E-state index in [0.29, 0.717) is 6.04 Å². The second kappa shape index (κ2) is 5.66. The number of nitrogens with one attached hydrogen (secondary N) is 1.